The van der Waals surface area contributed by atoms with E-state index in [-0.39, 0.29) is 18.2 Å². The number of aromatic amines is 1. The number of para-hydroxylation sites is 1. The lowest BCUT2D eigenvalue weighted by atomic mass is 10.0. The number of H-pyrrole nitrogens is 1. The number of carbonyl (C=O) groups is 3. The van der Waals surface area contributed by atoms with Gasteiger partial charge in [-0.2, -0.15) is 0 Å². The average Bonchev–Trinajstić information content (AvgIpc) is 2.91. The summed E-state index contributed by atoms with van der Waals surface area (Å²) in [5.74, 6) is -0.884. The number of imide groups is 1. The van der Waals surface area contributed by atoms with Crippen molar-refractivity contribution in [1.29, 1.82) is 0 Å². The molecule has 0 radical (unpaired) electrons. The Balaban J connectivity index is 1.56. The summed E-state index contributed by atoms with van der Waals surface area (Å²) in [6.45, 7) is 0. The molecule has 114 valence electrons. The number of hydrogen-bond donors (Lipinski definition) is 3. The highest BCUT2D eigenvalue weighted by molar-refractivity contribution is 6.01. The average molecular weight is 299 g/mol. The van der Waals surface area contributed by atoms with Crippen LogP contribution in [0.25, 0.3) is 10.9 Å². The molecule has 3 rings (SSSR count). The van der Waals surface area contributed by atoms with Gasteiger partial charge in [-0.15, -0.1) is 0 Å². The van der Waals surface area contributed by atoms with Gasteiger partial charge in [0, 0.05) is 29.9 Å². The molecule has 0 bridgehead atoms. The zero-order valence-electron chi connectivity index (χ0n) is 12.0. The molecule has 22 heavy (non-hydrogen) atoms. The molecule has 0 saturated carbocycles. The lowest BCUT2D eigenvalue weighted by Crippen LogP contribution is -2.52. The van der Waals surface area contributed by atoms with E-state index in [1.165, 1.54) is 0 Å². The van der Waals surface area contributed by atoms with E-state index in [0.717, 1.165) is 16.5 Å². The molecule has 3 N–H and O–H groups in total. The molecule has 6 nitrogen and oxygen atoms in total. The second kappa shape index (κ2) is 6.01. The molecular weight excluding hydrogens is 282 g/mol. The van der Waals surface area contributed by atoms with Crippen molar-refractivity contribution >= 4 is 28.6 Å². The molecule has 1 fully saturated rings. The molecule has 2 heterocycles. The molecule has 1 unspecified atom stereocenters. The number of piperidine rings is 1. The number of nitrogens with one attached hydrogen (secondary N) is 3. The number of carbonyl (C=O) groups excluding carboxylic acids is 3. The van der Waals surface area contributed by atoms with Crippen molar-refractivity contribution in [2.45, 2.75) is 31.7 Å². The van der Waals surface area contributed by atoms with Gasteiger partial charge in [0.25, 0.3) is 0 Å². The Morgan fingerprint density at radius 3 is 2.91 bits per heavy atom. The summed E-state index contributed by atoms with van der Waals surface area (Å²) >= 11 is 0. The van der Waals surface area contributed by atoms with Gasteiger partial charge in [0.2, 0.25) is 17.7 Å². The molecule has 0 aliphatic carbocycles. The SMILES string of the molecule is O=C1CCC(NC(=O)CCc2c[nH]c3ccccc23)C(=O)N1. The van der Waals surface area contributed by atoms with E-state index in [2.05, 4.69) is 15.6 Å². The summed E-state index contributed by atoms with van der Waals surface area (Å²) in [4.78, 5) is 37.8. The fourth-order valence-corrected chi connectivity index (χ4v) is 2.68. The number of aromatic nitrogens is 1. The first-order valence-corrected chi connectivity index (χ1v) is 7.31. The van der Waals surface area contributed by atoms with Gasteiger partial charge in [-0.3, -0.25) is 19.7 Å². The van der Waals surface area contributed by atoms with E-state index in [1.807, 2.05) is 30.5 Å². The van der Waals surface area contributed by atoms with Crippen molar-refractivity contribution in [2.75, 3.05) is 0 Å². The predicted octanol–water partition coefficient (Wildman–Crippen LogP) is 1.02. The lowest BCUT2D eigenvalue weighted by Gasteiger charge is -2.21. The van der Waals surface area contributed by atoms with E-state index in [4.69, 9.17) is 0 Å². The van der Waals surface area contributed by atoms with Crippen molar-refractivity contribution in [3.63, 3.8) is 0 Å². The molecule has 0 spiro atoms. The van der Waals surface area contributed by atoms with Gasteiger partial charge in [0.05, 0.1) is 0 Å². The third-order valence-corrected chi connectivity index (χ3v) is 3.87. The summed E-state index contributed by atoms with van der Waals surface area (Å²) < 4.78 is 0. The minimum atomic E-state index is -0.604. The lowest BCUT2D eigenvalue weighted by molar-refractivity contribution is -0.137. The van der Waals surface area contributed by atoms with Crippen LogP contribution in [0.15, 0.2) is 30.5 Å². The Hall–Kier alpha value is -2.63. The van der Waals surface area contributed by atoms with E-state index >= 15 is 0 Å². The normalized spacial score (nSPS) is 18.3. The van der Waals surface area contributed by atoms with Crippen LogP contribution in [0.3, 0.4) is 0 Å². The third-order valence-electron chi connectivity index (χ3n) is 3.87. The van der Waals surface area contributed by atoms with Gasteiger partial charge < -0.3 is 10.3 Å². The molecule has 3 amide bonds. The summed E-state index contributed by atoms with van der Waals surface area (Å²) in [7, 11) is 0. The molecular formula is C16H17N3O3. The van der Waals surface area contributed by atoms with E-state index in [9.17, 15) is 14.4 Å². The van der Waals surface area contributed by atoms with Gasteiger partial charge in [-0.05, 0) is 24.5 Å². The highest BCUT2D eigenvalue weighted by atomic mass is 16.2. The smallest absolute Gasteiger partial charge is 0.249 e. The Morgan fingerprint density at radius 2 is 2.09 bits per heavy atom. The molecule has 2 aromatic rings. The monoisotopic (exact) mass is 299 g/mol. The number of amides is 3. The second-order valence-corrected chi connectivity index (χ2v) is 5.43. The van der Waals surface area contributed by atoms with Gasteiger partial charge in [-0.25, -0.2) is 0 Å². The van der Waals surface area contributed by atoms with Crippen molar-refractivity contribution < 1.29 is 14.4 Å². The Bertz CT molecular complexity index is 735. The molecule has 1 atom stereocenters. The van der Waals surface area contributed by atoms with Crippen molar-refractivity contribution in [1.82, 2.24) is 15.6 Å². The number of fused-ring (bicyclic) bond motifs is 1. The quantitative estimate of drug-likeness (QED) is 0.736. The first kappa shape index (κ1) is 14.3. The van der Waals surface area contributed by atoms with E-state index in [0.29, 0.717) is 19.3 Å². The molecule has 1 aliphatic heterocycles. The minimum absolute atomic E-state index is 0.181. The minimum Gasteiger partial charge on any atom is -0.361 e. The van der Waals surface area contributed by atoms with Crippen LogP contribution in [0.5, 0.6) is 0 Å². The van der Waals surface area contributed by atoms with Crippen LogP contribution in [-0.4, -0.2) is 28.7 Å². The van der Waals surface area contributed by atoms with Gasteiger partial charge >= 0.3 is 0 Å². The molecule has 1 aliphatic rings. The van der Waals surface area contributed by atoms with Crippen LogP contribution in [0, 0.1) is 0 Å². The van der Waals surface area contributed by atoms with Crippen LogP contribution in [0.4, 0.5) is 0 Å². The largest absolute Gasteiger partial charge is 0.361 e. The van der Waals surface area contributed by atoms with E-state index in [1.54, 1.807) is 0 Å². The number of hydrogen-bond acceptors (Lipinski definition) is 3. The summed E-state index contributed by atoms with van der Waals surface area (Å²) in [5, 5.41) is 6.02. The maximum absolute atomic E-state index is 12.0. The molecule has 1 aromatic heterocycles. The maximum Gasteiger partial charge on any atom is 0.249 e. The fraction of sp³-hybridized carbons (Fsp3) is 0.312. The van der Waals surface area contributed by atoms with E-state index < -0.39 is 11.9 Å². The van der Waals surface area contributed by atoms with Crippen LogP contribution in [-0.2, 0) is 20.8 Å². The zero-order chi connectivity index (χ0) is 15.5. The number of benzene rings is 1. The topological polar surface area (TPSA) is 91.1 Å². The zero-order valence-corrected chi connectivity index (χ0v) is 12.0. The van der Waals surface area contributed by atoms with Gasteiger partial charge in [-0.1, -0.05) is 18.2 Å². The number of aryl methyl sites for hydroxylation is 1. The van der Waals surface area contributed by atoms with Crippen molar-refractivity contribution in [3.05, 3.63) is 36.0 Å². The molecule has 1 saturated heterocycles. The first-order valence-electron chi connectivity index (χ1n) is 7.31. The Morgan fingerprint density at radius 1 is 1.27 bits per heavy atom. The summed E-state index contributed by atoms with van der Waals surface area (Å²) in [6, 6.07) is 7.32. The Kier molecular flexibility index (Phi) is 3.91. The van der Waals surface area contributed by atoms with Crippen molar-refractivity contribution in [2.24, 2.45) is 0 Å². The van der Waals surface area contributed by atoms with Crippen LogP contribution in [0.1, 0.15) is 24.8 Å². The van der Waals surface area contributed by atoms with Crippen LogP contribution in [0.2, 0.25) is 0 Å². The number of rotatable bonds is 4. The highest BCUT2D eigenvalue weighted by Gasteiger charge is 2.27. The Labute approximate surface area is 127 Å². The summed E-state index contributed by atoms with van der Waals surface area (Å²) in [6.07, 6.45) is 3.44. The van der Waals surface area contributed by atoms with Crippen LogP contribution < -0.4 is 10.6 Å². The fourth-order valence-electron chi connectivity index (χ4n) is 2.68. The van der Waals surface area contributed by atoms with Gasteiger partial charge in [0.15, 0.2) is 0 Å². The predicted molar refractivity (Wildman–Crippen MR) is 80.9 cm³/mol. The first-order chi connectivity index (χ1) is 10.6. The molecule has 6 heteroatoms. The third kappa shape index (κ3) is 3.00. The van der Waals surface area contributed by atoms with Gasteiger partial charge in [0.1, 0.15) is 6.04 Å². The standard InChI is InChI=1S/C16H17N3O3/c20-14(18-13-6-8-15(21)19-16(13)22)7-5-10-9-17-12-4-2-1-3-11(10)12/h1-4,9,13,17H,5-8H2,(H,18,20)(H,19,21,22). The summed E-state index contributed by atoms with van der Waals surface area (Å²) in [5.41, 5.74) is 2.12. The van der Waals surface area contributed by atoms with Crippen molar-refractivity contribution in [3.8, 4) is 0 Å². The highest BCUT2D eigenvalue weighted by Crippen LogP contribution is 2.19. The molecule has 1 aromatic carbocycles. The second-order valence-electron chi connectivity index (χ2n) is 5.43. The maximum atomic E-state index is 12.0. The van der Waals surface area contributed by atoms with Crippen LogP contribution >= 0.6 is 0 Å².